The third-order valence-corrected chi connectivity index (χ3v) is 7.53. The van der Waals surface area contributed by atoms with Gasteiger partial charge in [0.15, 0.2) is 5.78 Å². The van der Waals surface area contributed by atoms with Crippen molar-refractivity contribution in [3.05, 3.63) is 80.6 Å². The van der Waals surface area contributed by atoms with Crippen molar-refractivity contribution in [1.29, 1.82) is 0 Å². The van der Waals surface area contributed by atoms with Crippen LogP contribution in [0.3, 0.4) is 0 Å². The summed E-state index contributed by atoms with van der Waals surface area (Å²) in [5.74, 6) is -4.35. The lowest BCUT2D eigenvalue weighted by Gasteiger charge is -2.39. The number of esters is 2. The van der Waals surface area contributed by atoms with Crippen LogP contribution in [0, 0.1) is 11.7 Å². The summed E-state index contributed by atoms with van der Waals surface area (Å²) in [5.41, 5.74) is 2.37. The molecule has 1 aliphatic carbocycles. The predicted octanol–water partition coefficient (Wildman–Crippen LogP) is 5.38. The van der Waals surface area contributed by atoms with Crippen LogP contribution in [0.4, 0.5) is 4.39 Å². The molecule has 0 radical (unpaired) electrons. The predicted molar refractivity (Wildman–Crippen MR) is 135 cm³/mol. The molecule has 0 saturated heterocycles. The fourth-order valence-corrected chi connectivity index (χ4v) is 6.00. The molecule has 1 aliphatic heterocycles. The van der Waals surface area contributed by atoms with Crippen molar-refractivity contribution >= 4 is 29.1 Å². The summed E-state index contributed by atoms with van der Waals surface area (Å²) >= 11 is 1.49. The highest BCUT2D eigenvalue weighted by Gasteiger charge is 2.49. The second kappa shape index (κ2) is 11.2. The monoisotopic (exact) mass is 511 g/mol. The standard InChI is InChI=1S/C28H30FNO5S/c1-4-9-19-25(28(33)35-6-3)22(16-10-7-11-17(29)14-16)24-20(30-19)15-18(21-12-8-13-36-21)23(26(24)31)27(32)34-5-2/h7-8,10-14,18,22-23,30H,4-6,9,15H2,1-3H3/t18-,22+,23+/m1/s1. The molecule has 0 unspecified atom stereocenters. The van der Waals surface area contributed by atoms with Crippen LogP contribution in [0.15, 0.2) is 64.3 Å². The Hall–Kier alpha value is -3.26. The number of dihydropyridines is 1. The Labute approximate surface area is 214 Å². The molecule has 1 aromatic heterocycles. The topological polar surface area (TPSA) is 81.7 Å². The maximum absolute atomic E-state index is 14.4. The van der Waals surface area contributed by atoms with Gasteiger partial charge in [-0.05, 0) is 55.8 Å². The van der Waals surface area contributed by atoms with Crippen LogP contribution in [0.5, 0.6) is 0 Å². The van der Waals surface area contributed by atoms with Gasteiger partial charge < -0.3 is 14.8 Å². The van der Waals surface area contributed by atoms with Crippen molar-refractivity contribution in [1.82, 2.24) is 5.32 Å². The average molecular weight is 512 g/mol. The first-order valence-electron chi connectivity index (χ1n) is 12.3. The van der Waals surface area contributed by atoms with Gasteiger partial charge in [0.25, 0.3) is 0 Å². The number of ether oxygens (including phenoxy) is 2. The number of thiophene rings is 1. The van der Waals surface area contributed by atoms with Crippen molar-refractivity contribution in [2.75, 3.05) is 13.2 Å². The molecule has 1 aromatic carbocycles. The zero-order valence-electron chi connectivity index (χ0n) is 20.6. The van der Waals surface area contributed by atoms with Gasteiger partial charge in [-0.3, -0.25) is 9.59 Å². The molecule has 190 valence electrons. The molecule has 0 amide bonds. The fourth-order valence-electron chi connectivity index (χ4n) is 5.14. The van der Waals surface area contributed by atoms with E-state index in [1.807, 2.05) is 24.4 Å². The van der Waals surface area contributed by atoms with Crippen LogP contribution in [0.25, 0.3) is 0 Å². The third-order valence-electron chi connectivity index (χ3n) is 6.53. The number of allylic oxidation sites excluding steroid dienone is 3. The van der Waals surface area contributed by atoms with E-state index in [0.29, 0.717) is 35.4 Å². The van der Waals surface area contributed by atoms with Gasteiger partial charge in [-0.1, -0.05) is 31.5 Å². The summed E-state index contributed by atoms with van der Waals surface area (Å²) in [5, 5.41) is 5.28. The van der Waals surface area contributed by atoms with Crippen LogP contribution in [-0.4, -0.2) is 30.9 Å². The number of halogens is 1. The summed E-state index contributed by atoms with van der Waals surface area (Å²) in [4.78, 5) is 41.5. The lowest BCUT2D eigenvalue weighted by atomic mass is 9.68. The van der Waals surface area contributed by atoms with Gasteiger partial charge in [-0.25, -0.2) is 9.18 Å². The van der Waals surface area contributed by atoms with E-state index in [9.17, 15) is 18.8 Å². The molecule has 36 heavy (non-hydrogen) atoms. The SMILES string of the molecule is CCCC1=C(C(=O)OCC)[C@@H](c2cccc(F)c2)C2=C(C[C@H](c3cccs3)[C@H](C(=O)OCC)C2=O)N1. The Balaban J connectivity index is 1.93. The summed E-state index contributed by atoms with van der Waals surface area (Å²) in [7, 11) is 0. The summed E-state index contributed by atoms with van der Waals surface area (Å²) < 4.78 is 25.1. The molecule has 2 aliphatic rings. The van der Waals surface area contributed by atoms with Gasteiger partial charge in [0, 0.05) is 33.7 Å². The van der Waals surface area contributed by atoms with E-state index in [1.54, 1.807) is 26.0 Å². The fraction of sp³-hybridized carbons (Fsp3) is 0.393. The molecule has 0 bridgehead atoms. The molecular formula is C28H30FNO5S. The summed E-state index contributed by atoms with van der Waals surface area (Å²) in [6, 6.07) is 9.71. The zero-order valence-corrected chi connectivity index (χ0v) is 21.5. The molecule has 2 heterocycles. The van der Waals surface area contributed by atoms with Crippen LogP contribution in [0.1, 0.15) is 62.3 Å². The van der Waals surface area contributed by atoms with Gasteiger partial charge in [-0.15, -0.1) is 11.3 Å². The highest BCUT2D eigenvalue weighted by molar-refractivity contribution is 7.10. The maximum Gasteiger partial charge on any atom is 0.336 e. The molecule has 3 atom stereocenters. The minimum Gasteiger partial charge on any atom is -0.465 e. The van der Waals surface area contributed by atoms with Crippen molar-refractivity contribution < 1.29 is 28.2 Å². The summed E-state index contributed by atoms with van der Waals surface area (Å²) in [6.07, 6.45) is 1.69. The largest absolute Gasteiger partial charge is 0.465 e. The minimum atomic E-state index is -1.06. The molecule has 2 aromatic rings. The second-order valence-electron chi connectivity index (χ2n) is 8.79. The number of ketones is 1. The Morgan fingerprint density at radius 1 is 1.11 bits per heavy atom. The van der Waals surface area contributed by atoms with E-state index >= 15 is 0 Å². The lowest BCUT2D eigenvalue weighted by Crippen LogP contribution is -2.43. The molecule has 1 N–H and O–H groups in total. The highest BCUT2D eigenvalue weighted by atomic mass is 32.1. The number of nitrogens with one attached hydrogen (secondary N) is 1. The molecule has 4 rings (SSSR count). The Bertz CT molecular complexity index is 1220. The molecule has 0 fully saturated rings. The first kappa shape index (κ1) is 25.8. The number of carbonyl (C=O) groups excluding carboxylic acids is 3. The molecule has 6 nitrogen and oxygen atoms in total. The van der Waals surface area contributed by atoms with Gasteiger partial charge in [-0.2, -0.15) is 0 Å². The first-order valence-corrected chi connectivity index (χ1v) is 13.2. The Kier molecular flexibility index (Phi) is 8.04. The van der Waals surface area contributed by atoms with Crippen LogP contribution in [0.2, 0.25) is 0 Å². The van der Waals surface area contributed by atoms with Crippen molar-refractivity contribution in [3.8, 4) is 0 Å². The highest BCUT2D eigenvalue weighted by Crippen LogP contribution is 2.49. The second-order valence-corrected chi connectivity index (χ2v) is 9.77. The van der Waals surface area contributed by atoms with Gasteiger partial charge >= 0.3 is 11.9 Å². The van der Waals surface area contributed by atoms with E-state index in [-0.39, 0.29) is 18.8 Å². The summed E-state index contributed by atoms with van der Waals surface area (Å²) in [6.45, 7) is 5.71. The quantitative estimate of drug-likeness (QED) is 0.379. The molecule has 0 saturated carbocycles. The van der Waals surface area contributed by atoms with Crippen LogP contribution < -0.4 is 5.32 Å². The van der Waals surface area contributed by atoms with Gasteiger partial charge in [0.1, 0.15) is 11.7 Å². The number of rotatable bonds is 8. The number of Topliss-reactive ketones (excluding diaryl/α,β-unsaturated/α-hetero) is 1. The normalized spacial score (nSPS) is 21.7. The smallest absolute Gasteiger partial charge is 0.336 e. The molecular weight excluding hydrogens is 481 g/mol. The van der Waals surface area contributed by atoms with Crippen LogP contribution in [-0.2, 0) is 23.9 Å². The van der Waals surface area contributed by atoms with Gasteiger partial charge in [0.05, 0.1) is 18.8 Å². The van der Waals surface area contributed by atoms with E-state index in [1.165, 1.54) is 23.5 Å². The first-order chi connectivity index (χ1) is 17.4. The Morgan fingerprint density at radius 3 is 2.53 bits per heavy atom. The average Bonchev–Trinajstić information content (AvgIpc) is 3.38. The van der Waals surface area contributed by atoms with Gasteiger partial charge in [0.2, 0.25) is 0 Å². The number of benzene rings is 1. The van der Waals surface area contributed by atoms with Crippen molar-refractivity contribution in [2.24, 2.45) is 5.92 Å². The number of carbonyl (C=O) groups is 3. The molecule has 0 spiro atoms. The minimum absolute atomic E-state index is 0.145. The number of hydrogen-bond acceptors (Lipinski definition) is 7. The maximum atomic E-state index is 14.4. The van der Waals surface area contributed by atoms with Crippen molar-refractivity contribution in [3.63, 3.8) is 0 Å². The van der Waals surface area contributed by atoms with E-state index < -0.39 is 41.3 Å². The Morgan fingerprint density at radius 2 is 1.89 bits per heavy atom. The van der Waals surface area contributed by atoms with E-state index in [0.717, 1.165) is 11.3 Å². The van der Waals surface area contributed by atoms with E-state index in [4.69, 9.17) is 9.47 Å². The zero-order chi connectivity index (χ0) is 25.8. The molecule has 8 heteroatoms. The number of hydrogen-bond donors (Lipinski definition) is 1. The van der Waals surface area contributed by atoms with Crippen molar-refractivity contribution in [2.45, 2.75) is 51.9 Å². The van der Waals surface area contributed by atoms with Crippen LogP contribution >= 0.6 is 11.3 Å². The third kappa shape index (κ3) is 4.87. The van der Waals surface area contributed by atoms with E-state index in [2.05, 4.69) is 5.32 Å². The lowest BCUT2D eigenvalue weighted by molar-refractivity contribution is -0.152.